The number of nitrogens with one attached hydrogen (secondary N) is 1. The molecule has 1 heterocycles. The number of amides is 1. The molecule has 1 saturated heterocycles. The Morgan fingerprint density at radius 3 is 2.47 bits per heavy atom. The van der Waals surface area contributed by atoms with Crippen molar-refractivity contribution in [3.8, 4) is 0 Å². The Balaban J connectivity index is 2.59. The van der Waals surface area contributed by atoms with Crippen molar-refractivity contribution in [2.24, 2.45) is 0 Å². The van der Waals surface area contributed by atoms with Gasteiger partial charge in [0.05, 0.1) is 5.54 Å². The maximum absolute atomic E-state index is 12.5. The lowest BCUT2D eigenvalue weighted by molar-refractivity contribution is -0.137. The van der Waals surface area contributed by atoms with E-state index < -0.39 is 0 Å². The third-order valence-electron chi connectivity index (χ3n) is 3.44. The van der Waals surface area contributed by atoms with Crippen LogP contribution in [0.15, 0.2) is 0 Å². The van der Waals surface area contributed by atoms with Crippen molar-refractivity contribution in [1.82, 2.24) is 15.1 Å². The highest BCUT2D eigenvalue weighted by molar-refractivity contribution is 5.86. The Bertz CT molecular complexity index is 247. The molecule has 0 aromatic rings. The average molecular weight is 241 g/mol. The first-order valence-corrected chi connectivity index (χ1v) is 6.69. The van der Waals surface area contributed by atoms with E-state index in [1.165, 1.54) is 0 Å². The van der Waals surface area contributed by atoms with E-state index in [1.54, 1.807) is 0 Å². The fourth-order valence-corrected chi connectivity index (χ4v) is 2.33. The number of carbonyl (C=O) groups is 1. The Kier molecular flexibility index (Phi) is 5.40. The molecule has 1 rings (SSSR count). The standard InChI is InChI=1S/C13H27N3O/c1-5-9-16(11-10-15(3)4)12(17)13(2)7-6-8-14-13/h14H,5-11H2,1-4H3. The smallest absolute Gasteiger partial charge is 0.242 e. The van der Waals surface area contributed by atoms with Gasteiger partial charge < -0.3 is 15.1 Å². The van der Waals surface area contributed by atoms with E-state index in [4.69, 9.17) is 0 Å². The lowest BCUT2D eigenvalue weighted by atomic mass is 9.98. The van der Waals surface area contributed by atoms with Gasteiger partial charge in [-0.25, -0.2) is 0 Å². The molecule has 1 fully saturated rings. The number of nitrogens with zero attached hydrogens (tertiary/aromatic N) is 2. The molecule has 4 heteroatoms. The number of carbonyl (C=O) groups excluding carboxylic acids is 1. The fraction of sp³-hybridized carbons (Fsp3) is 0.923. The molecule has 1 aliphatic heterocycles. The molecule has 0 saturated carbocycles. The van der Waals surface area contributed by atoms with Crippen LogP contribution in [-0.2, 0) is 4.79 Å². The number of rotatable bonds is 6. The summed E-state index contributed by atoms with van der Waals surface area (Å²) in [5.74, 6) is 0.277. The van der Waals surface area contributed by atoms with E-state index >= 15 is 0 Å². The molecule has 1 N–H and O–H groups in total. The van der Waals surface area contributed by atoms with Gasteiger partial charge in [0, 0.05) is 19.6 Å². The first-order valence-electron chi connectivity index (χ1n) is 6.69. The Morgan fingerprint density at radius 1 is 1.29 bits per heavy atom. The maximum atomic E-state index is 12.5. The van der Waals surface area contributed by atoms with Crippen LogP contribution in [0, 0.1) is 0 Å². The molecule has 1 aliphatic rings. The minimum atomic E-state index is -0.318. The first kappa shape index (κ1) is 14.5. The molecule has 0 aliphatic carbocycles. The van der Waals surface area contributed by atoms with Gasteiger partial charge in [0.25, 0.3) is 0 Å². The van der Waals surface area contributed by atoms with E-state index in [2.05, 4.69) is 17.1 Å². The zero-order valence-corrected chi connectivity index (χ0v) is 11.8. The zero-order valence-electron chi connectivity index (χ0n) is 11.8. The monoisotopic (exact) mass is 241 g/mol. The van der Waals surface area contributed by atoms with Gasteiger partial charge in [-0.05, 0) is 46.8 Å². The second-order valence-corrected chi connectivity index (χ2v) is 5.46. The van der Waals surface area contributed by atoms with Crippen molar-refractivity contribution in [3.05, 3.63) is 0 Å². The molecule has 0 spiro atoms. The predicted molar refractivity (Wildman–Crippen MR) is 71.1 cm³/mol. The average Bonchev–Trinajstić information content (AvgIpc) is 2.71. The Labute approximate surface area is 105 Å². The van der Waals surface area contributed by atoms with Gasteiger partial charge >= 0.3 is 0 Å². The molecular formula is C13H27N3O. The molecule has 1 unspecified atom stereocenters. The van der Waals surface area contributed by atoms with E-state index in [-0.39, 0.29) is 11.4 Å². The van der Waals surface area contributed by atoms with Gasteiger partial charge in [-0.1, -0.05) is 6.92 Å². The molecule has 1 amide bonds. The zero-order chi connectivity index (χ0) is 12.9. The van der Waals surface area contributed by atoms with E-state index in [9.17, 15) is 4.79 Å². The molecule has 4 nitrogen and oxygen atoms in total. The number of hydrogen-bond donors (Lipinski definition) is 1. The van der Waals surface area contributed by atoms with Crippen LogP contribution in [0.25, 0.3) is 0 Å². The molecule has 1 atom stereocenters. The van der Waals surface area contributed by atoms with E-state index in [0.717, 1.165) is 45.4 Å². The van der Waals surface area contributed by atoms with Gasteiger partial charge in [-0.3, -0.25) is 4.79 Å². The highest BCUT2D eigenvalue weighted by Crippen LogP contribution is 2.21. The van der Waals surface area contributed by atoms with Crippen molar-refractivity contribution < 1.29 is 4.79 Å². The largest absolute Gasteiger partial charge is 0.340 e. The fourth-order valence-electron chi connectivity index (χ4n) is 2.33. The molecular weight excluding hydrogens is 214 g/mol. The van der Waals surface area contributed by atoms with Crippen LogP contribution in [0.5, 0.6) is 0 Å². The quantitative estimate of drug-likeness (QED) is 0.751. The van der Waals surface area contributed by atoms with Crippen LogP contribution in [0.1, 0.15) is 33.1 Å². The molecule has 100 valence electrons. The lowest BCUT2D eigenvalue weighted by Gasteiger charge is -2.32. The topological polar surface area (TPSA) is 35.6 Å². The normalized spacial score (nSPS) is 24.3. The third kappa shape index (κ3) is 3.96. The van der Waals surface area contributed by atoms with Crippen LogP contribution in [0.3, 0.4) is 0 Å². The molecule has 0 aromatic carbocycles. The van der Waals surface area contributed by atoms with Gasteiger partial charge in [0.1, 0.15) is 0 Å². The van der Waals surface area contributed by atoms with Crippen molar-refractivity contribution in [3.63, 3.8) is 0 Å². The molecule has 17 heavy (non-hydrogen) atoms. The molecule has 0 bridgehead atoms. The van der Waals surface area contributed by atoms with Crippen molar-refractivity contribution >= 4 is 5.91 Å². The van der Waals surface area contributed by atoms with E-state index in [0.29, 0.717) is 0 Å². The van der Waals surface area contributed by atoms with Crippen LogP contribution in [0.2, 0.25) is 0 Å². The van der Waals surface area contributed by atoms with Crippen molar-refractivity contribution in [2.45, 2.75) is 38.6 Å². The Morgan fingerprint density at radius 2 is 2.00 bits per heavy atom. The summed E-state index contributed by atoms with van der Waals surface area (Å²) in [4.78, 5) is 16.7. The van der Waals surface area contributed by atoms with Crippen LogP contribution in [-0.4, -0.2) is 61.5 Å². The summed E-state index contributed by atoms with van der Waals surface area (Å²) in [6.07, 6.45) is 3.10. The highest BCUT2D eigenvalue weighted by atomic mass is 16.2. The SMILES string of the molecule is CCCN(CCN(C)C)C(=O)C1(C)CCCN1. The number of hydrogen-bond acceptors (Lipinski definition) is 3. The summed E-state index contributed by atoms with van der Waals surface area (Å²) in [5, 5.41) is 3.35. The Hall–Kier alpha value is -0.610. The van der Waals surface area contributed by atoms with Crippen molar-refractivity contribution in [2.75, 3.05) is 40.3 Å². The molecule has 0 aromatic heterocycles. The van der Waals surface area contributed by atoms with Crippen molar-refractivity contribution in [1.29, 1.82) is 0 Å². The third-order valence-corrected chi connectivity index (χ3v) is 3.44. The van der Waals surface area contributed by atoms with Gasteiger partial charge in [0.2, 0.25) is 5.91 Å². The number of likely N-dealkylation sites (N-methyl/N-ethyl adjacent to an activating group) is 1. The van der Waals surface area contributed by atoms with Gasteiger partial charge in [0.15, 0.2) is 0 Å². The minimum absolute atomic E-state index is 0.277. The second-order valence-electron chi connectivity index (χ2n) is 5.46. The maximum Gasteiger partial charge on any atom is 0.242 e. The minimum Gasteiger partial charge on any atom is -0.340 e. The summed E-state index contributed by atoms with van der Waals surface area (Å²) < 4.78 is 0. The van der Waals surface area contributed by atoms with E-state index in [1.807, 2.05) is 25.9 Å². The van der Waals surface area contributed by atoms with Gasteiger partial charge in [-0.15, -0.1) is 0 Å². The second kappa shape index (κ2) is 6.36. The summed E-state index contributed by atoms with van der Waals surface area (Å²) in [6.45, 7) is 7.76. The van der Waals surface area contributed by atoms with Crippen LogP contribution >= 0.6 is 0 Å². The predicted octanol–water partition coefficient (Wildman–Crippen LogP) is 0.929. The highest BCUT2D eigenvalue weighted by Gasteiger charge is 2.38. The van der Waals surface area contributed by atoms with Gasteiger partial charge in [-0.2, -0.15) is 0 Å². The summed E-state index contributed by atoms with van der Waals surface area (Å²) >= 11 is 0. The molecule has 0 radical (unpaired) electrons. The van der Waals surface area contributed by atoms with Crippen LogP contribution in [0.4, 0.5) is 0 Å². The van der Waals surface area contributed by atoms with Crippen LogP contribution < -0.4 is 5.32 Å². The lowest BCUT2D eigenvalue weighted by Crippen LogP contribution is -2.54. The summed E-state index contributed by atoms with van der Waals surface area (Å²) in [7, 11) is 4.09. The first-order chi connectivity index (χ1) is 7.99. The summed E-state index contributed by atoms with van der Waals surface area (Å²) in [5.41, 5.74) is -0.318. The summed E-state index contributed by atoms with van der Waals surface area (Å²) in [6, 6.07) is 0.